The van der Waals surface area contributed by atoms with E-state index in [1.54, 1.807) is 6.21 Å². The Balaban J connectivity index is 0.000000166. The number of ketones is 2. The number of likely N-dealkylation sites (tertiary alicyclic amines) is 1. The lowest BCUT2D eigenvalue weighted by Crippen LogP contribution is -2.33. The molecule has 8 heteroatoms. The molecule has 2 aromatic heterocycles. The van der Waals surface area contributed by atoms with Crippen molar-refractivity contribution in [3.05, 3.63) is 47.6 Å². The van der Waals surface area contributed by atoms with Gasteiger partial charge in [-0.15, -0.1) is 0 Å². The molecule has 0 aromatic carbocycles. The standard InChI is InChI=1S/C11H14N2O.C10H11N3O2/c14-11-4-7-13(8-5-11)9-10-3-1-2-6-12-10;1-6(14)3-10-11-5-9(12-10)8-4-7(2)15-13-8/h1-3,6H,4-5,7-9H2;4-5,9H,3H2,1-2H3. The van der Waals surface area contributed by atoms with Crippen LogP contribution in [-0.2, 0) is 16.1 Å². The van der Waals surface area contributed by atoms with Crippen molar-refractivity contribution in [3.8, 4) is 0 Å². The second kappa shape index (κ2) is 9.97. The third kappa shape index (κ3) is 6.53. The van der Waals surface area contributed by atoms with Crippen molar-refractivity contribution in [1.29, 1.82) is 0 Å². The monoisotopic (exact) mass is 395 g/mol. The molecular weight excluding hydrogens is 370 g/mol. The van der Waals surface area contributed by atoms with E-state index >= 15 is 0 Å². The average molecular weight is 395 g/mol. The lowest BCUT2D eigenvalue weighted by molar-refractivity contribution is -0.121. The van der Waals surface area contributed by atoms with E-state index in [2.05, 4.69) is 25.0 Å². The highest BCUT2D eigenvalue weighted by molar-refractivity contribution is 6.05. The topological polar surface area (TPSA) is 101 Å². The molecule has 0 N–H and O–H groups in total. The molecule has 1 saturated heterocycles. The minimum absolute atomic E-state index is 0.0582. The summed E-state index contributed by atoms with van der Waals surface area (Å²) < 4.78 is 4.95. The Morgan fingerprint density at radius 3 is 2.69 bits per heavy atom. The number of pyridine rings is 1. The molecule has 0 saturated carbocycles. The van der Waals surface area contributed by atoms with Gasteiger partial charge in [0.25, 0.3) is 0 Å². The van der Waals surface area contributed by atoms with E-state index in [1.165, 1.54) is 6.92 Å². The van der Waals surface area contributed by atoms with Crippen molar-refractivity contribution in [1.82, 2.24) is 15.0 Å². The van der Waals surface area contributed by atoms with Gasteiger partial charge in [-0.25, -0.2) is 4.99 Å². The number of hydrogen-bond acceptors (Lipinski definition) is 8. The van der Waals surface area contributed by atoms with E-state index < -0.39 is 0 Å². The maximum absolute atomic E-state index is 11.0. The summed E-state index contributed by atoms with van der Waals surface area (Å²) in [6.07, 6.45) is 5.17. The van der Waals surface area contributed by atoms with Gasteiger partial charge in [0.15, 0.2) is 0 Å². The van der Waals surface area contributed by atoms with Gasteiger partial charge in [-0.05, 0) is 26.0 Å². The van der Waals surface area contributed by atoms with Crippen LogP contribution in [0.1, 0.15) is 49.4 Å². The van der Waals surface area contributed by atoms with Gasteiger partial charge in [0.1, 0.15) is 34.9 Å². The van der Waals surface area contributed by atoms with Gasteiger partial charge in [0.05, 0.1) is 12.1 Å². The summed E-state index contributed by atoms with van der Waals surface area (Å²) in [6, 6.07) is 7.56. The van der Waals surface area contributed by atoms with E-state index in [0.29, 0.717) is 24.5 Å². The lowest BCUT2D eigenvalue weighted by atomic mass is 10.1. The molecule has 0 radical (unpaired) electrons. The summed E-state index contributed by atoms with van der Waals surface area (Å²) in [5, 5.41) is 3.85. The molecule has 8 nitrogen and oxygen atoms in total. The first-order chi connectivity index (χ1) is 14.0. The zero-order valence-corrected chi connectivity index (χ0v) is 16.7. The number of piperidine rings is 1. The Labute approximate surface area is 169 Å². The number of hydrogen-bond donors (Lipinski definition) is 0. The number of nitrogens with zero attached hydrogens (tertiary/aromatic N) is 5. The minimum Gasteiger partial charge on any atom is -0.361 e. The summed E-state index contributed by atoms with van der Waals surface area (Å²) in [6.45, 7) is 5.98. The van der Waals surface area contributed by atoms with Crippen molar-refractivity contribution in [3.63, 3.8) is 0 Å². The Morgan fingerprint density at radius 1 is 1.28 bits per heavy atom. The molecule has 4 heterocycles. The van der Waals surface area contributed by atoms with Crippen LogP contribution in [0.15, 0.2) is 45.0 Å². The molecule has 0 bridgehead atoms. The van der Waals surface area contributed by atoms with Crippen molar-refractivity contribution in [2.24, 2.45) is 9.98 Å². The molecule has 1 atom stereocenters. The second-order valence-corrected chi connectivity index (χ2v) is 7.15. The smallest absolute Gasteiger partial charge is 0.137 e. The highest BCUT2D eigenvalue weighted by atomic mass is 16.5. The van der Waals surface area contributed by atoms with Gasteiger partial charge in [-0.3, -0.25) is 24.5 Å². The summed E-state index contributed by atoms with van der Waals surface area (Å²) in [5.74, 6) is 1.76. The number of carbonyl (C=O) groups is 2. The fraction of sp³-hybridized carbons (Fsp3) is 0.429. The highest BCUT2D eigenvalue weighted by Gasteiger charge is 2.18. The van der Waals surface area contributed by atoms with Gasteiger partial charge in [0, 0.05) is 51.0 Å². The molecule has 0 spiro atoms. The summed E-state index contributed by atoms with van der Waals surface area (Å²) in [7, 11) is 0. The first kappa shape index (κ1) is 20.7. The minimum atomic E-state index is -0.197. The Morgan fingerprint density at radius 2 is 2.07 bits per heavy atom. The number of aliphatic imine (C=N–C) groups is 2. The number of Topliss-reactive ketones (excluding diaryl/α,β-unsaturated/α-hetero) is 2. The average Bonchev–Trinajstić information content (AvgIpc) is 3.33. The zero-order valence-electron chi connectivity index (χ0n) is 16.7. The van der Waals surface area contributed by atoms with Gasteiger partial charge in [-0.1, -0.05) is 11.2 Å². The number of carbonyl (C=O) groups excluding carboxylic acids is 2. The maximum Gasteiger partial charge on any atom is 0.137 e. The van der Waals surface area contributed by atoms with Crippen molar-refractivity contribution in [2.45, 2.75) is 45.7 Å². The second-order valence-electron chi connectivity index (χ2n) is 7.15. The van der Waals surface area contributed by atoms with Gasteiger partial charge < -0.3 is 4.52 Å². The number of amidine groups is 1. The quantitative estimate of drug-likeness (QED) is 0.771. The van der Waals surface area contributed by atoms with E-state index in [0.717, 1.165) is 36.8 Å². The zero-order chi connectivity index (χ0) is 20.6. The summed E-state index contributed by atoms with van der Waals surface area (Å²) >= 11 is 0. The first-order valence-corrected chi connectivity index (χ1v) is 9.67. The highest BCUT2D eigenvalue weighted by Crippen LogP contribution is 2.20. The third-order valence-electron chi connectivity index (χ3n) is 4.53. The Kier molecular flexibility index (Phi) is 7.13. The van der Waals surface area contributed by atoms with E-state index in [9.17, 15) is 9.59 Å². The first-order valence-electron chi connectivity index (χ1n) is 9.67. The van der Waals surface area contributed by atoms with Gasteiger partial charge in [0.2, 0.25) is 0 Å². The Bertz CT molecular complexity index is 894. The predicted octanol–water partition coefficient (Wildman–Crippen LogP) is 2.73. The SMILES string of the molecule is CC(=O)CC1=NC(c2cc(C)on2)C=N1.O=C1CCN(Cc2ccccn2)CC1. The normalized spacial score (nSPS) is 18.9. The van der Waals surface area contributed by atoms with Crippen LogP contribution in [0.4, 0.5) is 0 Å². The third-order valence-corrected chi connectivity index (χ3v) is 4.53. The van der Waals surface area contributed by atoms with E-state index in [-0.39, 0.29) is 18.2 Å². The molecule has 1 fully saturated rings. The van der Waals surface area contributed by atoms with Crippen LogP contribution in [0.25, 0.3) is 0 Å². The summed E-state index contributed by atoms with van der Waals surface area (Å²) in [5.41, 5.74) is 1.82. The van der Waals surface area contributed by atoms with Crippen LogP contribution in [0.2, 0.25) is 0 Å². The molecule has 2 aliphatic rings. The molecule has 0 aliphatic carbocycles. The molecular formula is C21H25N5O3. The van der Waals surface area contributed by atoms with Crippen LogP contribution >= 0.6 is 0 Å². The van der Waals surface area contributed by atoms with E-state index in [1.807, 2.05) is 37.4 Å². The van der Waals surface area contributed by atoms with Crippen LogP contribution in [0.5, 0.6) is 0 Å². The molecule has 29 heavy (non-hydrogen) atoms. The lowest BCUT2D eigenvalue weighted by Gasteiger charge is -2.25. The van der Waals surface area contributed by atoms with Gasteiger partial charge in [-0.2, -0.15) is 0 Å². The maximum atomic E-state index is 11.0. The van der Waals surface area contributed by atoms with Crippen molar-refractivity contribution < 1.29 is 14.1 Å². The Hall–Kier alpha value is -3.00. The van der Waals surface area contributed by atoms with Crippen molar-refractivity contribution in [2.75, 3.05) is 13.1 Å². The van der Waals surface area contributed by atoms with E-state index in [4.69, 9.17) is 4.52 Å². The fourth-order valence-electron chi connectivity index (χ4n) is 3.05. The predicted molar refractivity (Wildman–Crippen MR) is 109 cm³/mol. The van der Waals surface area contributed by atoms with Crippen molar-refractivity contribution >= 4 is 23.6 Å². The van der Waals surface area contributed by atoms with Gasteiger partial charge >= 0.3 is 0 Å². The molecule has 152 valence electrons. The number of rotatable bonds is 5. The fourth-order valence-corrected chi connectivity index (χ4v) is 3.05. The largest absolute Gasteiger partial charge is 0.361 e. The molecule has 0 amide bonds. The number of aryl methyl sites for hydroxylation is 1. The molecule has 4 rings (SSSR count). The van der Waals surface area contributed by atoms with Crippen LogP contribution in [-0.4, -0.2) is 51.7 Å². The van der Waals surface area contributed by atoms with Crippen LogP contribution < -0.4 is 0 Å². The molecule has 2 aromatic rings. The number of aromatic nitrogens is 2. The molecule has 1 unspecified atom stereocenters. The molecule has 2 aliphatic heterocycles. The summed E-state index contributed by atoms with van der Waals surface area (Å²) in [4.78, 5) is 36.8. The van der Waals surface area contributed by atoms with Crippen LogP contribution in [0, 0.1) is 6.92 Å². The van der Waals surface area contributed by atoms with Crippen LogP contribution in [0.3, 0.4) is 0 Å².